The fourth-order valence-electron chi connectivity index (χ4n) is 5.20. The number of piperidine rings is 1. The molecule has 0 aliphatic carbocycles. The summed E-state index contributed by atoms with van der Waals surface area (Å²) in [5.41, 5.74) is 0.549. The van der Waals surface area contributed by atoms with Gasteiger partial charge in [-0.1, -0.05) is 17.0 Å². The zero-order valence-corrected chi connectivity index (χ0v) is 20.7. The van der Waals surface area contributed by atoms with Crippen LogP contribution in [0.25, 0.3) is 0 Å². The molecule has 3 N–H and O–H groups in total. The van der Waals surface area contributed by atoms with E-state index in [0.29, 0.717) is 43.7 Å². The van der Waals surface area contributed by atoms with Gasteiger partial charge in [-0.2, -0.15) is 4.31 Å². The second kappa shape index (κ2) is 9.16. The van der Waals surface area contributed by atoms with Crippen LogP contribution >= 0.6 is 11.0 Å². The molecule has 34 heavy (non-hydrogen) atoms. The Balaban J connectivity index is 1.57. The molecule has 10 heteroatoms. The van der Waals surface area contributed by atoms with Crippen molar-refractivity contribution < 1.29 is 27.7 Å². The summed E-state index contributed by atoms with van der Waals surface area (Å²) < 4.78 is 59.1. The highest BCUT2D eigenvalue weighted by atomic mass is 32.3. The molecular formula is C24H33F2N3O4S. The summed E-state index contributed by atoms with van der Waals surface area (Å²) in [6, 6.07) is 8.94. The van der Waals surface area contributed by atoms with Crippen LogP contribution in [0.1, 0.15) is 39.2 Å². The van der Waals surface area contributed by atoms with Gasteiger partial charge >= 0.3 is 0 Å². The number of hydrogen-bond acceptors (Lipinski definition) is 7. The van der Waals surface area contributed by atoms with Gasteiger partial charge in [-0.3, -0.25) is 18.3 Å². The number of phenols is 1. The maximum Gasteiger partial charge on any atom is 0.194 e. The molecule has 4 rings (SSSR count). The van der Waals surface area contributed by atoms with Gasteiger partial charge < -0.3 is 9.84 Å². The highest BCUT2D eigenvalue weighted by Crippen LogP contribution is 2.61. The Morgan fingerprint density at radius 3 is 2.59 bits per heavy atom. The summed E-state index contributed by atoms with van der Waals surface area (Å²) in [6.07, 6.45) is 1.02. The first-order valence-electron chi connectivity index (χ1n) is 11.4. The Bertz CT molecular complexity index is 1060. The quantitative estimate of drug-likeness (QED) is 0.523. The molecule has 0 amide bonds. The average molecular weight is 498 g/mol. The van der Waals surface area contributed by atoms with Crippen molar-refractivity contribution in [1.82, 2.24) is 9.21 Å². The van der Waals surface area contributed by atoms with Gasteiger partial charge in [-0.05, 0) is 69.5 Å². The minimum atomic E-state index is -3.28. The van der Waals surface area contributed by atoms with Crippen LogP contribution in [-0.4, -0.2) is 61.2 Å². The van der Waals surface area contributed by atoms with Crippen LogP contribution in [0.5, 0.6) is 11.5 Å². The molecule has 2 heterocycles. The van der Waals surface area contributed by atoms with Crippen molar-refractivity contribution in [3.05, 3.63) is 53.6 Å². The Labute approximate surface area is 201 Å². The fourth-order valence-corrected chi connectivity index (χ4v) is 7.03. The first-order valence-corrected chi connectivity index (χ1v) is 12.9. The number of anilines is 1. The summed E-state index contributed by atoms with van der Waals surface area (Å²) in [7, 11) is -1.61. The van der Waals surface area contributed by atoms with Crippen molar-refractivity contribution in [3.63, 3.8) is 0 Å². The first kappa shape index (κ1) is 25.0. The lowest BCUT2D eigenvalue weighted by Crippen LogP contribution is -2.57. The molecule has 2 fully saturated rings. The van der Waals surface area contributed by atoms with Crippen molar-refractivity contribution in [3.8, 4) is 11.5 Å². The molecule has 0 bridgehead atoms. The number of likely N-dealkylation sites (tertiary alicyclic amines) is 1. The molecule has 1 spiro atoms. The number of ether oxygens (including phenoxy) is 1. The van der Waals surface area contributed by atoms with Crippen molar-refractivity contribution in [2.75, 3.05) is 24.4 Å². The number of halogens is 2. The summed E-state index contributed by atoms with van der Waals surface area (Å²) in [5.74, 6) is -1.53. The minimum absolute atomic E-state index is 0.0258. The molecule has 0 unspecified atom stereocenters. The summed E-state index contributed by atoms with van der Waals surface area (Å²) in [5, 5.41) is 10.0. The molecular weight excluding hydrogens is 464 g/mol. The van der Waals surface area contributed by atoms with Gasteiger partial charge in [0.05, 0.1) is 17.3 Å². The molecule has 0 radical (unpaired) electrons. The van der Waals surface area contributed by atoms with E-state index in [4.69, 9.17) is 4.74 Å². The van der Waals surface area contributed by atoms with Gasteiger partial charge in [0.2, 0.25) is 0 Å². The van der Waals surface area contributed by atoms with Crippen LogP contribution in [0.2, 0.25) is 0 Å². The maximum atomic E-state index is 14.3. The van der Waals surface area contributed by atoms with Crippen LogP contribution in [0.4, 0.5) is 14.5 Å². The summed E-state index contributed by atoms with van der Waals surface area (Å²) >= 11 is 0. The topological polar surface area (TPSA) is 79.6 Å². The lowest BCUT2D eigenvalue weighted by atomic mass is 9.82. The van der Waals surface area contributed by atoms with Gasteiger partial charge in [-0.15, -0.1) is 0 Å². The number of hydrogen-bond donors (Lipinski definition) is 3. The Hall–Kier alpha value is -2.11. The highest BCUT2D eigenvalue weighted by molar-refractivity contribution is 8.23. The second-order valence-corrected chi connectivity index (χ2v) is 11.6. The standard InChI is InChI=1S/C24H33F2N3O4S/c1-16(2)33-22-11-18(10-21(26)23(22)30)14-28-9-8-24(13-17(28)3)15-27(4)34(31,32)29(24)20-7-5-6-19(25)12-20/h5-7,10-12,16-17,30-32H,8-9,13-15H2,1-4H3/t17-,24+/m0/s1. The number of aromatic hydroxyl groups is 1. The predicted molar refractivity (Wildman–Crippen MR) is 130 cm³/mol. The fraction of sp³-hybridized carbons (Fsp3) is 0.500. The summed E-state index contributed by atoms with van der Waals surface area (Å²) in [6.45, 7) is 7.18. The highest BCUT2D eigenvalue weighted by Gasteiger charge is 2.55. The van der Waals surface area contributed by atoms with Gasteiger partial charge in [0.15, 0.2) is 17.3 Å². The van der Waals surface area contributed by atoms with E-state index in [0.717, 1.165) is 0 Å². The molecule has 2 saturated heterocycles. The van der Waals surface area contributed by atoms with Crippen molar-refractivity contribution >= 4 is 16.6 Å². The number of nitrogens with zero attached hydrogens (tertiary/aromatic N) is 3. The normalized spacial score (nSPS) is 26.4. The third kappa shape index (κ3) is 4.57. The monoisotopic (exact) mass is 497 g/mol. The zero-order valence-electron chi connectivity index (χ0n) is 19.9. The molecule has 7 nitrogen and oxygen atoms in total. The Kier molecular flexibility index (Phi) is 6.73. The van der Waals surface area contributed by atoms with Crippen molar-refractivity contribution in [2.45, 2.75) is 57.8 Å². The van der Waals surface area contributed by atoms with Crippen LogP contribution in [0.3, 0.4) is 0 Å². The Morgan fingerprint density at radius 1 is 1.21 bits per heavy atom. The number of rotatable bonds is 5. The zero-order chi connectivity index (χ0) is 24.8. The molecule has 2 atom stereocenters. The molecule has 2 aliphatic heterocycles. The van der Waals surface area contributed by atoms with Gasteiger partial charge in [-0.25, -0.2) is 8.78 Å². The second-order valence-electron chi connectivity index (χ2n) is 9.64. The van der Waals surface area contributed by atoms with E-state index in [1.165, 1.54) is 18.2 Å². The third-order valence-electron chi connectivity index (χ3n) is 6.65. The van der Waals surface area contributed by atoms with E-state index >= 15 is 0 Å². The van der Waals surface area contributed by atoms with Crippen LogP contribution in [-0.2, 0) is 6.54 Å². The SMILES string of the molecule is CC(C)Oc1cc(CN2CC[C@@]3(C[C@@H]2C)CN(C)S(O)(O)N3c2cccc(F)c2)cc(F)c1O. The lowest BCUT2D eigenvalue weighted by molar-refractivity contribution is 0.100. The molecule has 2 aliphatic rings. The largest absolute Gasteiger partial charge is 0.502 e. The molecule has 0 saturated carbocycles. The predicted octanol–water partition coefficient (Wildman–Crippen LogP) is 5.21. The van der Waals surface area contributed by atoms with E-state index in [1.54, 1.807) is 33.9 Å². The molecule has 2 aromatic rings. The number of likely N-dealkylation sites (N-methyl/N-ethyl adjacent to an activating group) is 1. The molecule has 2 aromatic carbocycles. The van der Waals surface area contributed by atoms with Crippen molar-refractivity contribution in [1.29, 1.82) is 0 Å². The number of benzene rings is 2. The third-order valence-corrected chi connectivity index (χ3v) is 8.71. The van der Waals surface area contributed by atoms with Gasteiger partial charge in [0, 0.05) is 32.7 Å². The molecule has 0 aromatic heterocycles. The summed E-state index contributed by atoms with van der Waals surface area (Å²) in [4.78, 5) is 2.20. The smallest absolute Gasteiger partial charge is 0.194 e. The van der Waals surface area contributed by atoms with E-state index in [2.05, 4.69) is 11.8 Å². The lowest BCUT2D eigenvalue weighted by Gasteiger charge is -2.51. The van der Waals surface area contributed by atoms with E-state index < -0.39 is 33.9 Å². The van der Waals surface area contributed by atoms with Crippen LogP contribution < -0.4 is 9.04 Å². The van der Waals surface area contributed by atoms with Crippen molar-refractivity contribution in [2.24, 2.45) is 0 Å². The number of phenolic OH excluding ortho intramolecular Hbond substituents is 1. The average Bonchev–Trinajstić information content (AvgIpc) is 2.92. The van der Waals surface area contributed by atoms with Gasteiger partial charge in [0.1, 0.15) is 5.82 Å². The Morgan fingerprint density at radius 2 is 1.94 bits per heavy atom. The molecule has 188 valence electrons. The van der Waals surface area contributed by atoms with E-state index in [1.807, 2.05) is 13.8 Å². The van der Waals surface area contributed by atoms with Crippen LogP contribution in [0, 0.1) is 11.6 Å². The first-order chi connectivity index (χ1) is 15.9. The van der Waals surface area contributed by atoms with E-state index in [9.17, 15) is 23.0 Å². The van der Waals surface area contributed by atoms with E-state index in [-0.39, 0.29) is 17.9 Å². The van der Waals surface area contributed by atoms with Gasteiger partial charge in [0.25, 0.3) is 0 Å². The minimum Gasteiger partial charge on any atom is -0.502 e. The maximum absolute atomic E-state index is 14.3. The van der Waals surface area contributed by atoms with Crippen LogP contribution in [0.15, 0.2) is 36.4 Å².